The molecule has 0 bridgehead atoms. The van der Waals surface area contributed by atoms with Gasteiger partial charge in [0.25, 0.3) is 5.91 Å². The molecule has 2 amide bonds. The van der Waals surface area contributed by atoms with Crippen molar-refractivity contribution in [3.8, 4) is 0 Å². The first kappa shape index (κ1) is 24.6. The van der Waals surface area contributed by atoms with Gasteiger partial charge in [-0.3, -0.25) is 14.6 Å². The van der Waals surface area contributed by atoms with Crippen LogP contribution in [-0.4, -0.2) is 40.8 Å². The molecule has 0 spiro atoms. The number of rotatable bonds is 8. The number of amides is 2. The van der Waals surface area contributed by atoms with Crippen molar-refractivity contribution in [1.82, 2.24) is 15.2 Å². The lowest BCUT2D eigenvalue weighted by Gasteiger charge is -2.35. The minimum atomic E-state index is -0.443. The summed E-state index contributed by atoms with van der Waals surface area (Å²) < 4.78 is 0. The minimum Gasteiger partial charge on any atom is -0.335 e. The van der Waals surface area contributed by atoms with Gasteiger partial charge >= 0.3 is 0 Å². The molecule has 0 radical (unpaired) electrons. The minimum absolute atomic E-state index is 0.0606. The van der Waals surface area contributed by atoms with Gasteiger partial charge in [-0.25, -0.2) is 0 Å². The van der Waals surface area contributed by atoms with Gasteiger partial charge in [0.15, 0.2) is 0 Å². The Kier molecular flexibility index (Phi) is 8.23. The number of nitrogens with zero attached hydrogens (tertiary/aromatic N) is 2. The maximum Gasteiger partial charge on any atom is 0.255 e. The Morgan fingerprint density at radius 1 is 1.09 bits per heavy atom. The summed E-state index contributed by atoms with van der Waals surface area (Å²) in [6.45, 7) is 4.48. The van der Waals surface area contributed by atoms with Crippen molar-refractivity contribution in [1.29, 1.82) is 0 Å². The second kappa shape index (κ2) is 11.7. The average Bonchev–Trinajstić information content (AvgIpc) is 2.88. The molecule has 4 rings (SSSR count). The van der Waals surface area contributed by atoms with Gasteiger partial charge in [-0.05, 0) is 68.2 Å². The number of hydrogen-bond donors (Lipinski definition) is 3. The first-order valence-corrected chi connectivity index (χ1v) is 12.1. The molecule has 0 saturated carbocycles. The number of nitrogens with two attached hydrogens (primary N) is 1. The Morgan fingerprint density at radius 2 is 1.80 bits per heavy atom. The second-order valence-corrected chi connectivity index (χ2v) is 9.11. The Labute approximate surface area is 206 Å². The Bertz CT molecular complexity index is 1130. The summed E-state index contributed by atoms with van der Waals surface area (Å²) in [4.78, 5) is 31.9. The van der Waals surface area contributed by atoms with E-state index in [9.17, 15) is 9.59 Å². The van der Waals surface area contributed by atoms with Crippen LogP contribution in [0.2, 0.25) is 0 Å². The standard InChI is InChI=1S/C28H33N5O2/c1-20-3-2-4-21(17-20)19-33(25-11-15-31-16-12-25)27(34)18-26(29)22-5-7-23(8-6-22)28(35)32-24-9-13-30-14-10-24/h2-10,13-14,17,25-26,31H,11-12,15-16,18-19,29H2,1H3,(H,30,32,35). The predicted octanol–water partition coefficient (Wildman–Crippen LogP) is 3.81. The number of carbonyl (C=O) groups is 2. The molecule has 0 aliphatic carbocycles. The van der Waals surface area contributed by atoms with Gasteiger partial charge in [0.1, 0.15) is 0 Å². The number of anilines is 1. The van der Waals surface area contributed by atoms with Gasteiger partial charge in [0, 0.05) is 48.7 Å². The van der Waals surface area contributed by atoms with Crippen LogP contribution in [0.3, 0.4) is 0 Å². The Morgan fingerprint density at radius 3 is 2.49 bits per heavy atom. The van der Waals surface area contributed by atoms with Crippen molar-refractivity contribution in [2.24, 2.45) is 5.73 Å². The highest BCUT2D eigenvalue weighted by Gasteiger charge is 2.27. The van der Waals surface area contributed by atoms with Crippen molar-refractivity contribution in [2.75, 3.05) is 18.4 Å². The molecular formula is C28H33N5O2. The second-order valence-electron chi connectivity index (χ2n) is 9.11. The largest absolute Gasteiger partial charge is 0.335 e. The Hall–Kier alpha value is -3.55. The van der Waals surface area contributed by atoms with Crippen LogP contribution in [0.4, 0.5) is 5.69 Å². The van der Waals surface area contributed by atoms with Crippen molar-refractivity contribution in [3.05, 3.63) is 95.3 Å². The lowest BCUT2D eigenvalue weighted by molar-refractivity contribution is -0.135. The van der Waals surface area contributed by atoms with Crippen LogP contribution in [0.1, 0.15) is 52.4 Å². The predicted molar refractivity (Wildman–Crippen MR) is 138 cm³/mol. The SMILES string of the molecule is Cc1cccc(CN(C(=O)CC(N)c2ccc(C(=O)Nc3ccncc3)cc2)C2CCNCC2)c1. The summed E-state index contributed by atoms with van der Waals surface area (Å²) in [5.41, 5.74) is 10.8. The molecule has 2 aromatic carbocycles. The van der Waals surface area contributed by atoms with E-state index in [2.05, 4.69) is 40.7 Å². The van der Waals surface area contributed by atoms with Gasteiger partial charge in [0.2, 0.25) is 5.91 Å². The van der Waals surface area contributed by atoms with E-state index in [1.807, 2.05) is 23.1 Å². The van der Waals surface area contributed by atoms with Crippen LogP contribution in [-0.2, 0) is 11.3 Å². The number of hydrogen-bond acceptors (Lipinski definition) is 5. The summed E-state index contributed by atoms with van der Waals surface area (Å²) in [5, 5.41) is 6.22. The number of carbonyl (C=O) groups excluding carboxylic acids is 2. The van der Waals surface area contributed by atoms with Crippen molar-refractivity contribution in [2.45, 2.75) is 44.8 Å². The summed E-state index contributed by atoms with van der Waals surface area (Å²) in [6, 6.07) is 18.7. The molecule has 35 heavy (non-hydrogen) atoms. The third-order valence-electron chi connectivity index (χ3n) is 6.44. The molecule has 1 fully saturated rings. The van der Waals surface area contributed by atoms with Crippen molar-refractivity contribution >= 4 is 17.5 Å². The molecule has 1 aliphatic heterocycles. The van der Waals surface area contributed by atoms with Crippen LogP contribution >= 0.6 is 0 Å². The van der Waals surface area contributed by atoms with E-state index in [-0.39, 0.29) is 24.3 Å². The van der Waals surface area contributed by atoms with E-state index in [1.54, 1.807) is 36.7 Å². The number of aryl methyl sites for hydroxylation is 1. The molecule has 1 unspecified atom stereocenters. The summed E-state index contributed by atoms with van der Waals surface area (Å²) >= 11 is 0. The molecule has 3 aromatic rings. The monoisotopic (exact) mass is 471 g/mol. The van der Waals surface area contributed by atoms with E-state index < -0.39 is 6.04 Å². The number of piperidine rings is 1. The highest BCUT2D eigenvalue weighted by atomic mass is 16.2. The Balaban J connectivity index is 1.42. The summed E-state index contributed by atoms with van der Waals surface area (Å²) in [7, 11) is 0. The zero-order valence-corrected chi connectivity index (χ0v) is 20.1. The molecule has 4 N–H and O–H groups in total. The molecule has 7 heteroatoms. The zero-order chi connectivity index (χ0) is 24.6. The molecule has 1 atom stereocenters. The summed E-state index contributed by atoms with van der Waals surface area (Å²) in [6.07, 6.45) is 5.35. The fraction of sp³-hybridized carbons (Fsp3) is 0.321. The number of pyridine rings is 1. The third kappa shape index (κ3) is 6.74. The number of aromatic nitrogens is 1. The molecular weight excluding hydrogens is 438 g/mol. The van der Waals surface area contributed by atoms with Crippen LogP contribution in [0, 0.1) is 6.92 Å². The maximum absolute atomic E-state index is 13.5. The van der Waals surface area contributed by atoms with E-state index in [4.69, 9.17) is 5.73 Å². The molecule has 182 valence electrons. The lowest BCUT2D eigenvalue weighted by atomic mass is 9.99. The third-order valence-corrected chi connectivity index (χ3v) is 6.44. The quantitative estimate of drug-likeness (QED) is 0.464. The molecule has 7 nitrogen and oxygen atoms in total. The van der Waals surface area contributed by atoms with Gasteiger partial charge in [-0.15, -0.1) is 0 Å². The van der Waals surface area contributed by atoms with Gasteiger partial charge in [0.05, 0.1) is 0 Å². The molecule has 1 aromatic heterocycles. The van der Waals surface area contributed by atoms with Gasteiger partial charge in [-0.1, -0.05) is 42.0 Å². The lowest BCUT2D eigenvalue weighted by Crippen LogP contribution is -2.46. The summed E-state index contributed by atoms with van der Waals surface area (Å²) in [5.74, 6) is -0.145. The van der Waals surface area contributed by atoms with Crippen LogP contribution in [0.5, 0.6) is 0 Å². The molecule has 2 heterocycles. The van der Waals surface area contributed by atoms with Gasteiger partial charge < -0.3 is 21.3 Å². The normalized spacial score (nSPS) is 14.8. The van der Waals surface area contributed by atoms with E-state index in [0.29, 0.717) is 17.8 Å². The number of benzene rings is 2. The first-order chi connectivity index (χ1) is 17.0. The fourth-order valence-electron chi connectivity index (χ4n) is 4.49. The van der Waals surface area contributed by atoms with Crippen LogP contribution in [0.15, 0.2) is 73.1 Å². The highest BCUT2D eigenvalue weighted by Crippen LogP contribution is 2.22. The van der Waals surface area contributed by atoms with E-state index in [1.165, 1.54) is 5.56 Å². The zero-order valence-electron chi connectivity index (χ0n) is 20.1. The van der Waals surface area contributed by atoms with E-state index in [0.717, 1.165) is 37.1 Å². The van der Waals surface area contributed by atoms with E-state index >= 15 is 0 Å². The molecule has 1 aliphatic rings. The smallest absolute Gasteiger partial charge is 0.255 e. The highest BCUT2D eigenvalue weighted by molar-refractivity contribution is 6.04. The first-order valence-electron chi connectivity index (χ1n) is 12.1. The van der Waals surface area contributed by atoms with Crippen LogP contribution in [0.25, 0.3) is 0 Å². The van der Waals surface area contributed by atoms with Crippen molar-refractivity contribution in [3.63, 3.8) is 0 Å². The molecule has 1 saturated heterocycles. The fourth-order valence-corrected chi connectivity index (χ4v) is 4.49. The van der Waals surface area contributed by atoms with Crippen LogP contribution < -0.4 is 16.4 Å². The maximum atomic E-state index is 13.5. The average molecular weight is 472 g/mol. The van der Waals surface area contributed by atoms with Gasteiger partial charge in [-0.2, -0.15) is 0 Å². The topological polar surface area (TPSA) is 100 Å². The number of nitrogens with one attached hydrogen (secondary N) is 2. The van der Waals surface area contributed by atoms with Crippen molar-refractivity contribution < 1.29 is 9.59 Å².